The first-order chi connectivity index (χ1) is 25.5. The summed E-state index contributed by atoms with van der Waals surface area (Å²) in [4.78, 5) is 20.9. The second kappa shape index (κ2) is 17.2. The summed E-state index contributed by atoms with van der Waals surface area (Å²) in [5, 5.41) is 44.2. The van der Waals surface area contributed by atoms with Crippen molar-refractivity contribution in [2.45, 2.75) is 50.1 Å². The highest BCUT2D eigenvalue weighted by Crippen LogP contribution is 2.40. The third-order valence-corrected chi connectivity index (χ3v) is 8.83. The number of aromatic nitrogens is 7. The van der Waals surface area contributed by atoms with Gasteiger partial charge in [0.25, 0.3) is 0 Å². The molecule has 0 saturated heterocycles. The zero-order valence-corrected chi connectivity index (χ0v) is 28.4. The molecule has 1 atom stereocenters. The molecule has 0 saturated carbocycles. The van der Waals surface area contributed by atoms with Gasteiger partial charge in [-0.05, 0) is 51.1 Å². The van der Waals surface area contributed by atoms with Crippen molar-refractivity contribution in [2.24, 2.45) is 5.11 Å². The van der Waals surface area contributed by atoms with Gasteiger partial charge in [0.2, 0.25) is 5.91 Å². The molecular weight excluding hydrogens is 657 g/mol. The van der Waals surface area contributed by atoms with Crippen molar-refractivity contribution in [1.29, 1.82) is 0 Å². The Morgan fingerprint density at radius 1 is 0.827 bits per heavy atom. The molecule has 0 radical (unpaired) electrons. The van der Waals surface area contributed by atoms with Crippen LogP contribution in [0.15, 0.2) is 126 Å². The smallest absolute Gasteiger partial charge is 0.426 e. The number of azide groups is 1. The first-order valence-corrected chi connectivity index (χ1v) is 17.1. The fourth-order valence-electron chi connectivity index (χ4n) is 6.44. The van der Waals surface area contributed by atoms with Crippen LogP contribution < -0.4 is 5.32 Å². The fourth-order valence-corrected chi connectivity index (χ4v) is 6.44. The number of amides is 1. The van der Waals surface area contributed by atoms with Gasteiger partial charge in [-0.25, -0.2) is 14.3 Å². The van der Waals surface area contributed by atoms with Gasteiger partial charge < -0.3 is 15.4 Å². The van der Waals surface area contributed by atoms with Crippen LogP contribution in [-0.2, 0) is 29.7 Å². The molecule has 0 bridgehead atoms. The molecule has 0 aliphatic heterocycles. The van der Waals surface area contributed by atoms with Gasteiger partial charge in [-0.15, -0.1) is 5.10 Å². The van der Waals surface area contributed by atoms with Crippen LogP contribution in [0.1, 0.15) is 59.0 Å². The normalized spacial score (nSPS) is 11.8. The van der Waals surface area contributed by atoms with Crippen LogP contribution in [0.4, 0.5) is 0 Å². The lowest BCUT2D eigenvalue weighted by atomic mass is 9.76. The third-order valence-electron chi connectivity index (χ3n) is 8.83. The molecule has 6 aromatic rings. The van der Waals surface area contributed by atoms with E-state index in [1.54, 1.807) is 0 Å². The van der Waals surface area contributed by atoms with Crippen LogP contribution in [0.3, 0.4) is 0 Å². The molecule has 4 aromatic carbocycles. The summed E-state index contributed by atoms with van der Waals surface area (Å²) in [5.41, 5.74) is 11.4. The summed E-state index contributed by atoms with van der Waals surface area (Å²) in [6.07, 6.45) is 1.93. The number of benzene rings is 4. The summed E-state index contributed by atoms with van der Waals surface area (Å²) in [5.74, 6) is 0.0976. The second-order valence-corrected chi connectivity index (χ2v) is 12.3. The van der Waals surface area contributed by atoms with Crippen molar-refractivity contribution in [1.82, 2.24) is 40.3 Å². The van der Waals surface area contributed by atoms with Crippen LogP contribution >= 0.6 is 0 Å². The number of tetrazole rings is 1. The van der Waals surface area contributed by atoms with Gasteiger partial charge in [-0.2, -0.15) is 5.10 Å². The molecular formula is C37H38BN11O3. The summed E-state index contributed by atoms with van der Waals surface area (Å²) in [6.45, 7) is 0.0831. The second-order valence-electron chi connectivity index (χ2n) is 12.3. The zero-order chi connectivity index (χ0) is 36.2. The van der Waals surface area contributed by atoms with Crippen LogP contribution in [0.2, 0.25) is 0 Å². The van der Waals surface area contributed by atoms with E-state index in [0.29, 0.717) is 43.2 Å². The predicted molar refractivity (Wildman–Crippen MR) is 194 cm³/mol. The maximum Gasteiger partial charge on any atom is 0.475 e. The molecule has 0 fully saturated rings. The lowest BCUT2D eigenvalue weighted by molar-refractivity contribution is -0.122. The summed E-state index contributed by atoms with van der Waals surface area (Å²) in [7, 11) is -1.77. The molecule has 15 heteroatoms. The Kier molecular flexibility index (Phi) is 11.8. The minimum absolute atomic E-state index is 0.154. The van der Waals surface area contributed by atoms with E-state index in [2.05, 4.69) is 67.3 Å². The number of nitrogens with one attached hydrogen (secondary N) is 1. The van der Waals surface area contributed by atoms with Crippen LogP contribution in [0, 0.1) is 0 Å². The van der Waals surface area contributed by atoms with Gasteiger partial charge in [0.1, 0.15) is 17.9 Å². The Balaban J connectivity index is 1.35. The summed E-state index contributed by atoms with van der Waals surface area (Å²) in [6, 6.07) is 40.0. The highest BCUT2D eigenvalue weighted by Gasteiger charge is 2.41. The first-order valence-electron chi connectivity index (χ1n) is 17.1. The van der Waals surface area contributed by atoms with E-state index in [1.165, 1.54) is 4.68 Å². The minimum Gasteiger partial charge on any atom is -0.426 e. The van der Waals surface area contributed by atoms with Gasteiger partial charge in [-0.1, -0.05) is 133 Å². The summed E-state index contributed by atoms with van der Waals surface area (Å²) < 4.78 is 3.36. The zero-order valence-electron chi connectivity index (χ0n) is 28.4. The van der Waals surface area contributed by atoms with Crippen molar-refractivity contribution in [3.05, 3.63) is 171 Å². The Hall–Kier alpha value is -6.15. The first kappa shape index (κ1) is 35.7. The maximum absolute atomic E-state index is 13.3. The maximum atomic E-state index is 13.3. The molecule has 0 spiro atoms. The predicted octanol–water partition coefficient (Wildman–Crippen LogP) is 4.26. The topological polar surface area (TPSA) is 193 Å². The lowest BCUT2D eigenvalue weighted by Gasteiger charge is -2.36. The van der Waals surface area contributed by atoms with E-state index in [0.717, 1.165) is 22.3 Å². The van der Waals surface area contributed by atoms with E-state index >= 15 is 0 Å². The van der Waals surface area contributed by atoms with E-state index in [1.807, 2.05) is 89.6 Å². The molecule has 0 aliphatic carbocycles. The van der Waals surface area contributed by atoms with Gasteiger partial charge in [0, 0.05) is 17.9 Å². The Labute approximate surface area is 301 Å². The number of hydrogen-bond donors (Lipinski definition) is 3. The van der Waals surface area contributed by atoms with Gasteiger partial charge in [0.15, 0.2) is 11.6 Å². The molecule has 3 N–H and O–H groups in total. The molecule has 0 unspecified atom stereocenters. The number of hydrogen-bond acceptors (Lipinski definition) is 9. The van der Waals surface area contributed by atoms with Crippen molar-refractivity contribution in [3.8, 4) is 0 Å². The highest BCUT2D eigenvalue weighted by atomic mass is 16.4. The molecule has 14 nitrogen and oxygen atoms in total. The largest absolute Gasteiger partial charge is 0.475 e. The minimum atomic E-state index is -1.77. The molecule has 1 amide bonds. The van der Waals surface area contributed by atoms with Crippen LogP contribution in [-0.4, -0.2) is 70.5 Å². The SMILES string of the molecule is [N-]=[N+]=NCCCC[C@H](NC(=O)Cn1nc(Cc2nnnn2C(c2ccccc2)(c2ccccc2)c2ccccc2)nc1Cc1ccccc1)B(O)O. The Morgan fingerprint density at radius 3 is 1.96 bits per heavy atom. The number of nitrogens with zero attached hydrogens (tertiary/aromatic N) is 10. The summed E-state index contributed by atoms with van der Waals surface area (Å²) >= 11 is 0. The third kappa shape index (κ3) is 8.24. The fraction of sp³-hybridized carbons (Fsp3) is 0.243. The molecule has 262 valence electrons. The van der Waals surface area contributed by atoms with E-state index in [-0.39, 0.29) is 19.5 Å². The van der Waals surface area contributed by atoms with Crippen molar-refractivity contribution in [2.75, 3.05) is 6.54 Å². The quantitative estimate of drug-likeness (QED) is 0.0315. The van der Waals surface area contributed by atoms with E-state index < -0.39 is 24.5 Å². The molecule has 0 aliphatic rings. The van der Waals surface area contributed by atoms with Crippen LogP contribution in [0.25, 0.3) is 10.4 Å². The Bertz CT molecular complexity index is 1970. The van der Waals surface area contributed by atoms with E-state index in [9.17, 15) is 14.8 Å². The number of unbranched alkanes of at least 4 members (excludes halogenated alkanes) is 1. The van der Waals surface area contributed by atoms with E-state index in [4.69, 9.17) is 15.6 Å². The Morgan fingerprint density at radius 2 is 1.40 bits per heavy atom. The number of rotatable bonds is 17. The molecule has 6 rings (SSSR count). The van der Waals surface area contributed by atoms with Crippen molar-refractivity contribution >= 4 is 13.0 Å². The van der Waals surface area contributed by atoms with Crippen LogP contribution in [0.5, 0.6) is 0 Å². The standard InChI is InChI=1S/C37H38BN11O3/c39-45-40-24-14-13-23-32(38(51)52)41-36(50)27-48-34(25-28-15-5-1-6-16-28)42-33(44-48)26-35-43-46-47-49(35)37(29-17-7-2-8-18-29,30-19-9-3-10-20-30)31-21-11-4-12-22-31/h1-12,15-22,32,51-52H,13-14,23-27H2,(H,41,50)/t32-/m0/s1. The average Bonchev–Trinajstić information content (AvgIpc) is 3.79. The molecule has 2 aromatic heterocycles. The van der Waals surface area contributed by atoms with Gasteiger partial charge in [0.05, 0.1) is 12.4 Å². The lowest BCUT2D eigenvalue weighted by Crippen LogP contribution is -2.47. The molecule has 52 heavy (non-hydrogen) atoms. The monoisotopic (exact) mass is 695 g/mol. The number of carbonyl (C=O) groups excluding carboxylic acids is 1. The number of carbonyl (C=O) groups is 1. The average molecular weight is 696 g/mol. The highest BCUT2D eigenvalue weighted by molar-refractivity contribution is 6.43. The van der Waals surface area contributed by atoms with Crippen molar-refractivity contribution in [3.63, 3.8) is 0 Å². The van der Waals surface area contributed by atoms with Gasteiger partial charge in [-0.3, -0.25) is 4.79 Å². The van der Waals surface area contributed by atoms with Gasteiger partial charge >= 0.3 is 7.12 Å². The molecule has 2 heterocycles. The van der Waals surface area contributed by atoms with Crippen molar-refractivity contribution < 1.29 is 14.8 Å².